The Balaban J connectivity index is 2.47. The third-order valence-corrected chi connectivity index (χ3v) is 4.90. The first-order chi connectivity index (χ1) is 11.0. The second kappa shape index (κ2) is 10.2. The molecule has 0 atom stereocenters. The third kappa shape index (κ3) is 7.47. The van der Waals surface area contributed by atoms with Crippen LogP contribution in [0.15, 0.2) is 34.2 Å². The molecule has 0 amide bonds. The Morgan fingerprint density at radius 2 is 1.83 bits per heavy atom. The fraction of sp³-hybridized carbons (Fsp3) is 0.562. The summed E-state index contributed by atoms with van der Waals surface area (Å²) in [5.41, 5.74) is 6.72. The van der Waals surface area contributed by atoms with Crippen molar-refractivity contribution in [2.45, 2.75) is 51.0 Å². The first-order valence-electron chi connectivity index (χ1n) is 8.12. The summed E-state index contributed by atoms with van der Waals surface area (Å²) in [4.78, 5) is 4.52. The quantitative estimate of drug-likeness (QED) is 0.345. The molecule has 7 heteroatoms. The summed E-state index contributed by atoms with van der Waals surface area (Å²) in [6.07, 6.45) is 4.73. The molecule has 4 N–H and O–H groups in total. The lowest BCUT2D eigenvalue weighted by molar-refractivity contribution is 0.584. The lowest BCUT2D eigenvalue weighted by Crippen LogP contribution is -2.32. The molecular formula is C16H28N4O2S. The van der Waals surface area contributed by atoms with Crippen LogP contribution in [0.4, 0.5) is 0 Å². The summed E-state index contributed by atoms with van der Waals surface area (Å²) < 4.78 is 26.1. The molecule has 1 aromatic carbocycles. The number of nitrogens with one attached hydrogen (secondary N) is 2. The molecule has 0 saturated carbocycles. The highest BCUT2D eigenvalue weighted by molar-refractivity contribution is 7.89. The van der Waals surface area contributed by atoms with Gasteiger partial charge in [0.2, 0.25) is 10.0 Å². The van der Waals surface area contributed by atoms with Crippen molar-refractivity contribution < 1.29 is 8.42 Å². The smallest absolute Gasteiger partial charge is 0.240 e. The largest absolute Gasteiger partial charge is 0.370 e. The molecule has 0 bridgehead atoms. The minimum Gasteiger partial charge on any atom is -0.370 e. The summed E-state index contributed by atoms with van der Waals surface area (Å²) in [5.74, 6) is 0.422. The number of aliphatic imine (C=N–C) groups is 1. The summed E-state index contributed by atoms with van der Waals surface area (Å²) in [6.45, 7) is 5.55. The fourth-order valence-corrected chi connectivity index (χ4v) is 3.09. The van der Waals surface area contributed by atoms with E-state index in [4.69, 9.17) is 5.73 Å². The van der Waals surface area contributed by atoms with E-state index in [1.165, 1.54) is 19.3 Å². The van der Waals surface area contributed by atoms with Crippen molar-refractivity contribution >= 4 is 16.0 Å². The lowest BCUT2D eigenvalue weighted by Gasteiger charge is -2.06. The summed E-state index contributed by atoms with van der Waals surface area (Å²) in [5, 5.41) is 3.09. The van der Waals surface area contributed by atoms with Crippen LogP contribution in [0.25, 0.3) is 0 Å². The van der Waals surface area contributed by atoms with Gasteiger partial charge in [0.05, 0.1) is 11.4 Å². The number of nitrogens with zero attached hydrogens (tertiary/aromatic N) is 1. The average molecular weight is 340 g/mol. The predicted molar refractivity (Wildman–Crippen MR) is 94.8 cm³/mol. The number of guanidine groups is 1. The summed E-state index contributed by atoms with van der Waals surface area (Å²) in [7, 11) is -3.40. The fourth-order valence-electron chi connectivity index (χ4n) is 2.05. The maximum absolute atomic E-state index is 11.8. The van der Waals surface area contributed by atoms with E-state index >= 15 is 0 Å². The van der Waals surface area contributed by atoms with Crippen molar-refractivity contribution in [3.8, 4) is 0 Å². The molecule has 0 heterocycles. The molecule has 0 aliphatic rings. The first kappa shape index (κ1) is 19.4. The minimum absolute atomic E-state index is 0.258. The van der Waals surface area contributed by atoms with Gasteiger partial charge < -0.3 is 11.1 Å². The molecular weight excluding hydrogens is 312 g/mol. The van der Waals surface area contributed by atoms with E-state index in [1.807, 2.05) is 0 Å². The Morgan fingerprint density at radius 1 is 1.13 bits per heavy atom. The third-order valence-electron chi connectivity index (χ3n) is 3.34. The maximum atomic E-state index is 11.8. The van der Waals surface area contributed by atoms with Gasteiger partial charge in [-0.15, -0.1) is 0 Å². The Labute approximate surface area is 139 Å². The number of sulfonamides is 1. The van der Waals surface area contributed by atoms with Crippen molar-refractivity contribution in [3.63, 3.8) is 0 Å². The molecule has 6 nitrogen and oxygen atoms in total. The molecule has 1 aromatic rings. The van der Waals surface area contributed by atoms with Gasteiger partial charge in [-0.1, -0.05) is 45.2 Å². The topological polar surface area (TPSA) is 96.6 Å². The Kier molecular flexibility index (Phi) is 8.65. The molecule has 0 radical (unpaired) electrons. The van der Waals surface area contributed by atoms with Crippen LogP contribution in [0.2, 0.25) is 0 Å². The molecule has 0 unspecified atom stereocenters. The second-order valence-electron chi connectivity index (χ2n) is 5.33. The summed E-state index contributed by atoms with van der Waals surface area (Å²) >= 11 is 0. The van der Waals surface area contributed by atoms with Crippen LogP contribution in [0.5, 0.6) is 0 Å². The van der Waals surface area contributed by atoms with Gasteiger partial charge in [-0.25, -0.2) is 18.1 Å². The molecule has 130 valence electrons. The molecule has 0 fully saturated rings. The highest BCUT2D eigenvalue weighted by Gasteiger charge is 2.11. The monoisotopic (exact) mass is 340 g/mol. The highest BCUT2D eigenvalue weighted by atomic mass is 32.2. The second-order valence-corrected chi connectivity index (χ2v) is 7.10. The number of unbranched alkanes of at least 4 members (excludes halogenated alkanes) is 3. The number of benzene rings is 1. The molecule has 0 spiro atoms. The highest BCUT2D eigenvalue weighted by Crippen LogP contribution is 2.11. The van der Waals surface area contributed by atoms with Gasteiger partial charge in [0.15, 0.2) is 5.96 Å². The molecule has 0 aliphatic carbocycles. The molecule has 0 aromatic heterocycles. The standard InChI is InChI=1S/C16H28N4O2S/c1-3-5-6-7-12-18-16(17)19-13-14-8-10-15(11-9-14)23(21,22)20-4-2/h8-11,20H,3-7,12-13H2,1-2H3,(H3,17,18,19). The van der Waals surface area contributed by atoms with Gasteiger partial charge in [-0.3, -0.25) is 0 Å². The minimum atomic E-state index is -3.40. The van der Waals surface area contributed by atoms with Crippen LogP contribution >= 0.6 is 0 Å². The number of nitrogens with two attached hydrogens (primary N) is 1. The van der Waals surface area contributed by atoms with E-state index in [-0.39, 0.29) is 4.90 Å². The van der Waals surface area contributed by atoms with E-state index in [1.54, 1.807) is 31.2 Å². The molecule has 0 aliphatic heterocycles. The SMILES string of the molecule is CCCCCCNC(N)=NCc1ccc(S(=O)(=O)NCC)cc1. The van der Waals surface area contributed by atoms with Gasteiger partial charge >= 0.3 is 0 Å². The normalized spacial score (nSPS) is 12.3. The van der Waals surface area contributed by atoms with Crippen LogP contribution in [-0.4, -0.2) is 27.5 Å². The van der Waals surface area contributed by atoms with Crippen molar-refractivity contribution in [1.29, 1.82) is 0 Å². The van der Waals surface area contributed by atoms with Crippen LogP contribution in [0.1, 0.15) is 45.1 Å². The van der Waals surface area contributed by atoms with Crippen LogP contribution in [-0.2, 0) is 16.6 Å². The Morgan fingerprint density at radius 3 is 2.43 bits per heavy atom. The number of hydrogen-bond donors (Lipinski definition) is 3. The molecule has 0 saturated heterocycles. The van der Waals surface area contributed by atoms with Gasteiger partial charge in [0.1, 0.15) is 0 Å². The zero-order valence-electron chi connectivity index (χ0n) is 14.0. The lowest BCUT2D eigenvalue weighted by atomic mass is 10.2. The zero-order chi connectivity index (χ0) is 17.1. The van der Waals surface area contributed by atoms with E-state index in [9.17, 15) is 8.42 Å². The molecule has 1 rings (SSSR count). The first-order valence-corrected chi connectivity index (χ1v) is 9.60. The van der Waals surface area contributed by atoms with E-state index in [0.717, 1.165) is 18.5 Å². The zero-order valence-corrected chi connectivity index (χ0v) is 14.8. The number of hydrogen-bond acceptors (Lipinski definition) is 3. The predicted octanol–water partition coefficient (Wildman–Crippen LogP) is 1.97. The Hall–Kier alpha value is -1.60. The van der Waals surface area contributed by atoms with Crippen LogP contribution in [0.3, 0.4) is 0 Å². The maximum Gasteiger partial charge on any atom is 0.240 e. The van der Waals surface area contributed by atoms with Crippen LogP contribution < -0.4 is 15.8 Å². The van der Waals surface area contributed by atoms with Gasteiger partial charge in [0, 0.05) is 13.1 Å². The van der Waals surface area contributed by atoms with Crippen LogP contribution in [0, 0.1) is 0 Å². The van der Waals surface area contributed by atoms with Crippen molar-refractivity contribution in [2.24, 2.45) is 10.7 Å². The van der Waals surface area contributed by atoms with Gasteiger partial charge in [-0.05, 0) is 24.1 Å². The van der Waals surface area contributed by atoms with Crippen molar-refractivity contribution in [2.75, 3.05) is 13.1 Å². The van der Waals surface area contributed by atoms with E-state index in [0.29, 0.717) is 19.0 Å². The van der Waals surface area contributed by atoms with Gasteiger partial charge in [-0.2, -0.15) is 0 Å². The van der Waals surface area contributed by atoms with Gasteiger partial charge in [0.25, 0.3) is 0 Å². The average Bonchev–Trinajstić information content (AvgIpc) is 2.53. The van der Waals surface area contributed by atoms with Crippen molar-refractivity contribution in [1.82, 2.24) is 10.0 Å². The summed E-state index contributed by atoms with van der Waals surface area (Å²) in [6, 6.07) is 6.67. The van der Waals surface area contributed by atoms with E-state index in [2.05, 4.69) is 22.0 Å². The Bertz CT molecular complexity index is 583. The van der Waals surface area contributed by atoms with Crippen molar-refractivity contribution in [3.05, 3.63) is 29.8 Å². The molecule has 23 heavy (non-hydrogen) atoms. The number of rotatable bonds is 10. The van der Waals surface area contributed by atoms with E-state index < -0.39 is 10.0 Å².